The van der Waals surface area contributed by atoms with Crippen LogP contribution < -0.4 is 15.2 Å². The third-order valence-corrected chi connectivity index (χ3v) is 5.04. The van der Waals surface area contributed by atoms with Gasteiger partial charge in [-0.05, 0) is 50.6 Å². The molecular weight excluding hydrogens is 364 g/mol. The van der Waals surface area contributed by atoms with Crippen LogP contribution in [0.4, 0.5) is 0 Å². The fourth-order valence-electron chi connectivity index (χ4n) is 3.63. The molecule has 1 aliphatic rings. The second-order valence-corrected chi connectivity index (χ2v) is 6.98. The second-order valence-electron chi connectivity index (χ2n) is 6.98. The minimum absolute atomic E-state index is 0.104. The van der Waals surface area contributed by atoms with E-state index in [1.807, 2.05) is 69.3 Å². The number of benzene rings is 2. The Morgan fingerprint density at radius 2 is 1.83 bits per heavy atom. The predicted molar refractivity (Wildman–Crippen MR) is 110 cm³/mol. The van der Waals surface area contributed by atoms with E-state index in [0.717, 1.165) is 33.8 Å². The van der Waals surface area contributed by atoms with E-state index < -0.39 is 0 Å². The molecular formula is C23H22N4O2. The molecule has 1 aliphatic heterocycles. The molecule has 0 aliphatic carbocycles. The molecule has 6 heteroatoms. The first kappa shape index (κ1) is 18.6. The van der Waals surface area contributed by atoms with Crippen LogP contribution in [0.5, 0.6) is 11.6 Å². The number of aryl methyl sites for hydroxylation is 2. The molecule has 2 heterocycles. The number of nitrogens with zero attached hydrogens (tertiary/aromatic N) is 3. The summed E-state index contributed by atoms with van der Waals surface area (Å²) in [5.41, 5.74) is 11.1. The molecule has 0 spiro atoms. The zero-order valence-electron chi connectivity index (χ0n) is 16.6. The van der Waals surface area contributed by atoms with E-state index in [1.165, 1.54) is 0 Å². The minimum Gasteiger partial charge on any atom is -0.494 e. The summed E-state index contributed by atoms with van der Waals surface area (Å²) in [6, 6.07) is 17.9. The molecule has 0 amide bonds. The van der Waals surface area contributed by atoms with Gasteiger partial charge < -0.3 is 15.2 Å². The van der Waals surface area contributed by atoms with Crippen molar-refractivity contribution in [2.24, 2.45) is 5.73 Å². The first-order valence-corrected chi connectivity index (χ1v) is 9.50. The molecule has 0 saturated heterocycles. The fraction of sp³-hybridized carbons (Fsp3) is 0.217. The number of allylic oxidation sites excluding steroid dienone is 1. The second kappa shape index (κ2) is 7.36. The van der Waals surface area contributed by atoms with Crippen molar-refractivity contribution >= 4 is 0 Å². The number of aromatic nitrogens is 2. The topological polar surface area (TPSA) is 86.1 Å². The number of nitrogens with two attached hydrogens (primary N) is 1. The standard InChI is InChI=1S/C23H22N4O2/c1-4-28-18-11-7-16(8-12-18)21-19(13-24)22(25)29-23-20(21)15(3)26-27(23)17-9-5-14(2)6-10-17/h5-12,21H,4,25H2,1-3H3. The number of fused-ring (bicyclic) bond motifs is 1. The summed E-state index contributed by atoms with van der Waals surface area (Å²) >= 11 is 0. The number of ether oxygens (including phenoxy) is 2. The third kappa shape index (κ3) is 3.21. The molecule has 4 rings (SSSR count). The van der Waals surface area contributed by atoms with Crippen LogP contribution in [0.25, 0.3) is 5.69 Å². The van der Waals surface area contributed by atoms with Gasteiger partial charge in [0.1, 0.15) is 17.4 Å². The normalized spacial score (nSPS) is 15.4. The van der Waals surface area contributed by atoms with Crippen LogP contribution in [0.3, 0.4) is 0 Å². The summed E-state index contributed by atoms with van der Waals surface area (Å²) in [6.45, 7) is 6.50. The van der Waals surface area contributed by atoms with Crippen molar-refractivity contribution in [2.45, 2.75) is 26.7 Å². The highest BCUT2D eigenvalue weighted by molar-refractivity contribution is 5.57. The summed E-state index contributed by atoms with van der Waals surface area (Å²) in [7, 11) is 0. The molecule has 146 valence electrons. The third-order valence-electron chi connectivity index (χ3n) is 5.04. The number of hydrogen-bond donors (Lipinski definition) is 1. The smallest absolute Gasteiger partial charge is 0.229 e. The Hall–Kier alpha value is -3.72. The Morgan fingerprint density at radius 3 is 2.45 bits per heavy atom. The highest BCUT2D eigenvalue weighted by atomic mass is 16.5. The number of rotatable bonds is 4. The molecule has 6 nitrogen and oxygen atoms in total. The maximum absolute atomic E-state index is 9.78. The van der Waals surface area contributed by atoms with Crippen molar-refractivity contribution in [1.29, 1.82) is 5.26 Å². The van der Waals surface area contributed by atoms with Gasteiger partial charge in [0.25, 0.3) is 0 Å². The molecule has 0 saturated carbocycles. The van der Waals surface area contributed by atoms with Gasteiger partial charge >= 0.3 is 0 Å². The molecule has 0 fully saturated rings. The molecule has 29 heavy (non-hydrogen) atoms. The van der Waals surface area contributed by atoms with E-state index in [1.54, 1.807) is 4.68 Å². The Kier molecular flexibility index (Phi) is 4.73. The van der Waals surface area contributed by atoms with Crippen LogP contribution in [-0.4, -0.2) is 16.4 Å². The summed E-state index contributed by atoms with van der Waals surface area (Å²) in [5.74, 6) is 1.08. The average Bonchev–Trinajstić information content (AvgIpc) is 3.04. The lowest BCUT2D eigenvalue weighted by Crippen LogP contribution is -2.22. The van der Waals surface area contributed by atoms with E-state index in [9.17, 15) is 5.26 Å². The summed E-state index contributed by atoms with van der Waals surface area (Å²) < 4.78 is 13.2. The van der Waals surface area contributed by atoms with E-state index in [2.05, 4.69) is 6.07 Å². The van der Waals surface area contributed by atoms with Crippen LogP contribution in [-0.2, 0) is 0 Å². The van der Waals surface area contributed by atoms with Gasteiger partial charge in [0, 0.05) is 0 Å². The van der Waals surface area contributed by atoms with Gasteiger partial charge in [-0.15, -0.1) is 0 Å². The summed E-state index contributed by atoms with van der Waals surface area (Å²) in [5, 5.41) is 14.5. The average molecular weight is 386 g/mol. The molecule has 1 unspecified atom stereocenters. The van der Waals surface area contributed by atoms with Gasteiger partial charge in [-0.3, -0.25) is 0 Å². The van der Waals surface area contributed by atoms with Crippen molar-refractivity contribution in [3.63, 3.8) is 0 Å². The Morgan fingerprint density at radius 1 is 1.14 bits per heavy atom. The molecule has 2 aromatic carbocycles. The van der Waals surface area contributed by atoms with Crippen LogP contribution in [0.2, 0.25) is 0 Å². The molecule has 0 radical (unpaired) electrons. The Bertz CT molecular complexity index is 1120. The summed E-state index contributed by atoms with van der Waals surface area (Å²) in [4.78, 5) is 0. The van der Waals surface area contributed by atoms with Crippen molar-refractivity contribution in [2.75, 3.05) is 6.61 Å². The molecule has 0 bridgehead atoms. The van der Waals surface area contributed by atoms with Crippen LogP contribution in [0.1, 0.15) is 35.2 Å². The highest BCUT2D eigenvalue weighted by Crippen LogP contribution is 2.44. The summed E-state index contributed by atoms with van der Waals surface area (Å²) in [6.07, 6.45) is 0. The monoisotopic (exact) mass is 386 g/mol. The lowest BCUT2D eigenvalue weighted by molar-refractivity contribution is 0.340. The van der Waals surface area contributed by atoms with E-state index in [4.69, 9.17) is 20.3 Å². The van der Waals surface area contributed by atoms with Crippen molar-refractivity contribution in [1.82, 2.24) is 9.78 Å². The predicted octanol–water partition coefficient (Wildman–Crippen LogP) is 4.11. The van der Waals surface area contributed by atoms with Gasteiger partial charge in [0.05, 0.1) is 29.5 Å². The Labute approximate surface area is 169 Å². The first-order valence-electron chi connectivity index (χ1n) is 9.50. The number of nitriles is 1. The minimum atomic E-state index is -0.348. The zero-order chi connectivity index (χ0) is 20.5. The molecule has 1 atom stereocenters. The van der Waals surface area contributed by atoms with Gasteiger partial charge in [-0.1, -0.05) is 29.8 Å². The van der Waals surface area contributed by atoms with Crippen LogP contribution >= 0.6 is 0 Å². The first-order chi connectivity index (χ1) is 14.0. The lowest BCUT2D eigenvalue weighted by atomic mass is 9.84. The van der Waals surface area contributed by atoms with Gasteiger partial charge in [-0.2, -0.15) is 10.4 Å². The van der Waals surface area contributed by atoms with Crippen molar-refractivity contribution in [3.8, 4) is 23.4 Å². The molecule has 1 aromatic heterocycles. The van der Waals surface area contributed by atoms with Crippen molar-refractivity contribution in [3.05, 3.63) is 82.4 Å². The van der Waals surface area contributed by atoms with Crippen LogP contribution in [0.15, 0.2) is 60.0 Å². The van der Waals surface area contributed by atoms with Gasteiger partial charge in [0.15, 0.2) is 0 Å². The van der Waals surface area contributed by atoms with E-state index in [-0.39, 0.29) is 11.8 Å². The van der Waals surface area contributed by atoms with Crippen molar-refractivity contribution < 1.29 is 9.47 Å². The van der Waals surface area contributed by atoms with Gasteiger partial charge in [0.2, 0.25) is 11.8 Å². The maximum atomic E-state index is 9.78. The zero-order valence-corrected chi connectivity index (χ0v) is 16.6. The largest absolute Gasteiger partial charge is 0.494 e. The maximum Gasteiger partial charge on any atom is 0.229 e. The van der Waals surface area contributed by atoms with E-state index in [0.29, 0.717) is 18.1 Å². The molecule has 2 N–H and O–H groups in total. The highest BCUT2D eigenvalue weighted by Gasteiger charge is 2.36. The Balaban J connectivity index is 1.87. The van der Waals surface area contributed by atoms with Gasteiger partial charge in [-0.25, -0.2) is 4.68 Å². The van der Waals surface area contributed by atoms with Crippen LogP contribution in [0, 0.1) is 25.2 Å². The number of hydrogen-bond acceptors (Lipinski definition) is 5. The molecule has 3 aromatic rings. The lowest BCUT2D eigenvalue weighted by Gasteiger charge is -2.25. The van der Waals surface area contributed by atoms with E-state index >= 15 is 0 Å². The fourth-order valence-corrected chi connectivity index (χ4v) is 3.63. The SMILES string of the molecule is CCOc1ccc(C2C(C#N)=C(N)Oc3c2c(C)nn3-c2ccc(C)cc2)cc1. The quantitative estimate of drug-likeness (QED) is 0.729.